The lowest BCUT2D eigenvalue weighted by Crippen LogP contribution is -2.38. The van der Waals surface area contributed by atoms with Crippen LogP contribution >= 0.6 is 15.9 Å². The van der Waals surface area contributed by atoms with Crippen LogP contribution in [0.4, 0.5) is 0 Å². The fraction of sp³-hybridized carbons (Fsp3) is 0.300. The van der Waals surface area contributed by atoms with Crippen molar-refractivity contribution in [1.82, 2.24) is 0 Å². The number of halogens is 1. The molecule has 0 heterocycles. The Morgan fingerprint density at radius 3 is 2.04 bits per heavy atom. The Bertz CT molecular complexity index is 768. The van der Waals surface area contributed by atoms with E-state index < -0.39 is 17.4 Å². The van der Waals surface area contributed by atoms with E-state index in [1.165, 1.54) is 14.2 Å². The first-order valence-electron chi connectivity index (χ1n) is 7.78. The highest BCUT2D eigenvalue weighted by atomic mass is 79.9. The Balaban J connectivity index is 2.64. The summed E-state index contributed by atoms with van der Waals surface area (Å²) in [6.07, 6.45) is 1.82. The van der Waals surface area contributed by atoms with Crippen molar-refractivity contribution in [3.8, 4) is 0 Å². The molecule has 132 valence electrons. The van der Waals surface area contributed by atoms with E-state index in [2.05, 4.69) is 22.5 Å². The molecule has 1 aromatic rings. The van der Waals surface area contributed by atoms with E-state index in [0.717, 1.165) is 32.3 Å². The van der Waals surface area contributed by atoms with E-state index in [1.807, 2.05) is 38.1 Å². The van der Waals surface area contributed by atoms with E-state index in [0.29, 0.717) is 0 Å². The van der Waals surface area contributed by atoms with Crippen LogP contribution in [0.5, 0.6) is 0 Å². The van der Waals surface area contributed by atoms with E-state index in [9.17, 15) is 9.59 Å². The molecule has 0 saturated heterocycles. The molecule has 1 aliphatic rings. The first kappa shape index (κ1) is 19.2. The Kier molecular flexibility index (Phi) is 5.68. The molecule has 0 aliphatic heterocycles. The summed E-state index contributed by atoms with van der Waals surface area (Å²) in [5.41, 5.74) is 2.99. The van der Waals surface area contributed by atoms with Gasteiger partial charge in [-0.25, -0.2) is 0 Å². The average Bonchev–Trinajstić information content (AvgIpc) is 3.02. The van der Waals surface area contributed by atoms with Gasteiger partial charge >= 0.3 is 11.9 Å². The number of allylic oxidation sites excluding steroid dienone is 4. The monoisotopic (exact) mass is 404 g/mol. The molecule has 0 radical (unpaired) electrons. The van der Waals surface area contributed by atoms with Gasteiger partial charge in [-0.05, 0) is 54.3 Å². The largest absolute Gasteiger partial charge is 0.468 e. The van der Waals surface area contributed by atoms with Crippen molar-refractivity contribution in [3.63, 3.8) is 0 Å². The third-order valence-electron chi connectivity index (χ3n) is 4.46. The number of carbonyl (C=O) groups is 2. The molecule has 0 N–H and O–H groups in total. The maximum Gasteiger partial charge on any atom is 0.327 e. The van der Waals surface area contributed by atoms with Gasteiger partial charge in [0, 0.05) is 10.9 Å². The molecule has 0 atom stereocenters. The van der Waals surface area contributed by atoms with Crippen LogP contribution in [0.25, 0.3) is 5.57 Å². The highest BCUT2D eigenvalue weighted by Crippen LogP contribution is 2.46. The van der Waals surface area contributed by atoms with Gasteiger partial charge in [0.15, 0.2) is 5.41 Å². The zero-order valence-electron chi connectivity index (χ0n) is 14.8. The van der Waals surface area contributed by atoms with Gasteiger partial charge < -0.3 is 9.47 Å². The van der Waals surface area contributed by atoms with Gasteiger partial charge in [-0.3, -0.25) is 9.59 Å². The second-order valence-electron chi connectivity index (χ2n) is 6.08. The predicted octanol–water partition coefficient (Wildman–Crippen LogP) is 4.46. The Morgan fingerprint density at radius 1 is 1.08 bits per heavy atom. The van der Waals surface area contributed by atoms with Gasteiger partial charge in [0.1, 0.15) is 0 Å². The van der Waals surface area contributed by atoms with Crippen molar-refractivity contribution in [2.24, 2.45) is 5.41 Å². The minimum Gasteiger partial charge on any atom is -0.468 e. The van der Waals surface area contributed by atoms with Crippen LogP contribution < -0.4 is 0 Å². The lowest BCUT2D eigenvalue weighted by molar-refractivity contribution is -0.164. The summed E-state index contributed by atoms with van der Waals surface area (Å²) >= 11 is 3.42. The van der Waals surface area contributed by atoms with E-state index in [4.69, 9.17) is 9.47 Å². The van der Waals surface area contributed by atoms with Gasteiger partial charge in [-0.2, -0.15) is 0 Å². The molecule has 1 aromatic carbocycles. The van der Waals surface area contributed by atoms with Gasteiger partial charge in [-0.1, -0.05) is 40.2 Å². The van der Waals surface area contributed by atoms with Gasteiger partial charge in [0.25, 0.3) is 0 Å². The molecular weight excluding hydrogens is 384 g/mol. The summed E-state index contributed by atoms with van der Waals surface area (Å²) in [4.78, 5) is 24.9. The molecule has 0 amide bonds. The van der Waals surface area contributed by atoms with Crippen molar-refractivity contribution in [2.75, 3.05) is 14.2 Å². The topological polar surface area (TPSA) is 52.6 Å². The molecule has 0 saturated carbocycles. The number of ether oxygens (including phenoxy) is 2. The fourth-order valence-corrected chi connectivity index (χ4v) is 3.32. The van der Waals surface area contributed by atoms with Crippen molar-refractivity contribution in [2.45, 2.75) is 20.3 Å². The molecule has 5 heteroatoms. The van der Waals surface area contributed by atoms with Crippen LogP contribution in [-0.2, 0) is 19.1 Å². The zero-order chi connectivity index (χ0) is 18.8. The van der Waals surface area contributed by atoms with Crippen LogP contribution in [0.2, 0.25) is 0 Å². The minimum atomic E-state index is -1.47. The lowest BCUT2D eigenvalue weighted by atomic mass is 9.85. The van der Waals surface area contributed by atoms with Crippen LogP contribution in [0.1, 0.15) is 25.8 Å². The molecular formula is C20H21BrO4. The van der Waals surface area contributed by atoms with Gasteiger partial charge in [0.05, 0.1) is 14.2 Å². The van der Waals surface area contributed by atoms with Gasteiger partial charge in [0.2, 0.25) is 0 Å². The zero-order valence-corrected chi connectivity index (χ0v) is 16.4. The Morgan fingerprint density at radius 2 is 1.60 bits per heavy atom. The number of benzene rings is 1. The third kappa shape index (κ3) is 3.47. The van der Waals surface area contributed by atoms with Crippen molar-refractivity contribution in [3.05, 3.63) is 63.7 Å². The maximum atomic E-state index is 12.4. The number of hydrogen-bond donors (Lipinski definition) is 0. The van der Waals surface area contributed by atoms with Crippen molar-refractivity contribution in [1.29, 1.82) is 0 Å². The average molecular weight is 405 g/mol. The van der Waals surface area contributed by atoms with E-state index >= 15 is 0 Å². The lowest BCUT2D eigenvalue weighted by Gasteiger charge is -2.21. The van der Waals surface area contributed by atoms with Crippen LogP contribution in [-0.4, -0.2) is 26.2 Å². The summed E-state index contributed by atoms with van der Waals surface area (Å²) in [5.74, 6) is -1.26. The number of methoxy groups -OCH3 is 2. The van der Waals surface area contributed by atoms with Crippen LogP contribution in [0.3, 0.4) is 0 Å². The summed E-state index contributed by atoms with van der Waals surface area (Å²) < 4.78 is 10.8. The van der Waals surface area contributed by atoms with Crippen molar-refractivity contribution < 1.29 is 19.1 Å². The molecule has 0 unspecified atom stereocenters. The predicted molar refractivity (Wildman–Crippen MR) is 101 cm³/mol. The molecule has 4 nitrogen and oxygen atoms in total. The summed E-state index contributed by atoms with van der Waals surface area (Å²) in [6, 6.07) is 7.87. The van der Waals surface area contributed by atoms with Crippen molar-refractivity contribution >= 4 is 33.4 Å². The van der Waals surface area contributed by atoms with E-state index in [-0.39, 0.29) is 6.42 Å². The molecule has 0 fully saturated rings. The quantitative estimate of drug-likeness (QED) is 0.548. The standard InChI is InChI=1S/C20H21BrO4/c1-12(2)16-10-20(18(22)24-4,19(23)25-5)11-17(16)13(3)14-6-8-15(21)9-7-14/h6-10H,1,11H2,2-5H3/b17-13+. The molecule has 0 spiro atoms. The first-order valence-corrected chi connectivity index (χ1v) is 8.57. The number of rotatable bonds is 4. The first-order chi connectivity index (χ1) is 11.8. The number of esters is 2. The smallest absolute Gasteiger partial charge is 0.327 e. The van der Waals surface area contributed by atoms with E-state index in [1.54, 1.807) is 6.08 Å². The summed E-state index contributed by atoms with van der Waals surface area (Å²) in [6.45, 7) is 7.82. The second kappa shape index (κ2) is 7.40. The highest BCUT2D eigenvalue weighted by Gasteiger charge is 2.51. The SMILES string of the molecule is C=C(C)C1=CC(C(=O)OC)(C(=O)OC)C/C1=C(/C)c1ccc(Br)cc1. The highest BCUT2D eigenvalue weighted by molar-refractivity contribution is 9.10. The molecule has 1 aliphatic carbocycles. The molecule has 2 rings (SSSR count). The number of carbonyl (C=O) groups excluding carboxylic acids is 2. The van der Waals surface area contributed by atoms with Crippen LogP contribution in [0.15, 0.2) is 58.1 Å². The third-order valence-corrected chi connectivity index (χ3v) is 4.99. The molecule has 0 aromatic heterocycles. The van der Waals surface area contributed by atoms with Gasteiger partial charge in [-0.15, -0.1) is 0 Å². The Hall–Kier alpha value is -2.14. The Labute approximate surface area is 156 Å². The minimum absolute atomic E-state index is 0.191. The second-order valence-corrected chi connectivity index (χ2v) is 7.00. The maximum absolute atomic E-state index is 12.4. The van der Waals surface area contributed by atoms with Crippen LogP contribution in [0, 0.1) is 5.41 Å². The fourth-order valence-electron chi connectivity index (χ4n) is 3.06. The molecule has 25 heavy (non-hydrogen) atoms. The number of hydrogen-bond acceptors (Lipinski definition) is 4. The summed E-state index contributed by atoms with van der Waals surface area (Å²) in [7, 11) is 2.54. The molecule has 0 bridgehead atoms. The normalized spacial score (nSPS) is 17.6. The summed E-state index contributed by atoms with van der Waals surface area (Å²) in [5, 5.41) is 0.